The van der Waals surface area contributed by atoms with Crippen molar-refractivity contribution >= 4 is 27.6 Å². The summed E-state index contributed by atoms with van der Waals surface area (Å²) in [6.07, 6.45) is 2.13. The molecule has 2 aliphatic rings. The van der Waals surface area contributed by atoms with Gasteiger partial charge in [0.1, 0.15) is 0 Å². The number of Topliss-reactive ketones (excluding diaryl/α,β-unsaturated/α-hetero) is 1. The van der Waals surface area contributed by atoms with Crippen molar-refractivity contribution in [2.75, 3.05) is 39.4 Å². The van der Waals surface area contributed by atoms with Gasteiger partial charge >= 0.3 is 0 Å². The quantitative estimate of drug-likeness (QED) is 0.619. The van der Waals surface area contributed by atoms with Gasteiger partial charge in [0.05, 0.1) is 31.1 Å². The number of benzene rings is 1. The van der Waals surface area contributed by atoms with Crippen LogP contribution in [0.2, 0.25) is 0 Å². The molecule has 8 heteroatoms. The number of nitrogens with zero attached hydrogens (tertiary/aromatic N) is 2. The molecule has 7 nitrogen and oxygen atoms in total. The zero-order valence-corrected chi connectivity index (χ0v) is 18.0. The van der Waals surface area contributed by atoms with Crippen LogP contribution in [0.5, 0.6) is 0 Å². The van der Waals surface area contributed by atoms with Gasteiger partial charge in [-0.1, -0.05) is 28.1 Å². The summed E-state index contributed by atoms with van der Waals surface area (Å²) in [5.41, 5.74) is 0.820. The summed E-state index contributed by atoms with van der Waals surface area (Å²) in [7, 11) is 0. The summed E-state index contributed by atoms with van der Waals surface area (Å²) in [4.78, 5) is 29.8. The number of ketones is 1. The Hall–Kier alpha value is -2.42. The largest absolute Gasteiger partial charge is 0.503 e. The minimum absolute atomic E-state index is 0.0589. The van der Waals surface area contributed by atoms with Crippen molar-refractivity contribution in [2.45, 2.75) is 12.5 Å². The summed E-state index contributed by atoms with van der Waals surface area (Å²) in [5.74, 6) is -1.41. The summed E-state index contributed by atoms with van der Waals surface area (Å²) >= 11 is 3.41. The molecule has 4 rings (SSSR count). The third-order valence-corrected chi connectivity index (χ3v) is 5.98. The smallest absolute Gasteiger partial charge is 0.290 e. The predicted octanol–water partition coefficient (Wildman–Crippen LogP) is 3.34. The second-order valence-corrected chi connectivity index (χ2v) is 8.24. The van der Waals surface area contributed by atoms with Crippen molar-refractivity contribution in [1.29, 1.82) is 0 Å². The Morgan fingerprint density at radius 3 is 2.53 bits per heavy atom. The van der Waals surface area contributed by atoms with Crippen molar-refractivity contribution in [1.82, 2.24) is 9.80 Å². The van der Waals surface area contributed by atoms with Crippen LogP contribution in [0.15, 0.2) is 62.9 Å². The minimum atomic E-state index is -0.659. The minimum Gasteiger partial charge on any atom is -0.503 e. The molecule has 2 aromatic rings. The summed E-state index contributed by atoms with van der Waals surface area (Å²) in [6.45, 7) is 4.42. The van der Waals surface area contributed by atoms with Crippen LogP contribution in [0, 0.1) is 0 Å². The molecule has 0 saturated carbocycles. The lowest BCUT2D eigenvalue weighted by Crippen LogP contribution is -2.39. The van der Waals surface area contributed by atoms with E-state index in [1.807, 2.05) is 24.3 Å². The summed E-state index contributed by atoms with van der Waals surface area (Å²) < 4.78 is 11.5. The van der Waals surface area contributed by atoms with Gasteiger partial charge in [-0.15, -0.1) is 0 Å². The van der Waals surface area contributed by atoms with Crippen LogP contribution in [0.3, 0.4) is 0 Å². The Kier molecular flexibility index (Phi) is 6.36. The van der Waals surface area contributed by atoms with Gasteiger partial charge in [-0.25, -0.2) is 0 Å². The molecule has 0 bridgehead atoms. The molecule has 0 radical (unpaired) electrons. The van der Waals surface area contributed by atoms with Gasteiger partial charge in [0.2, 0.25) is 5.78 Å². The second kappa shape index (κ2) is 9.16. The number of hydrogen-bond donors (Lipinski definition) is 1. The van der Waals surface area contributed by atoms with Gasteiger partial charge in [-0.05, 0) is 36.2 Å². The number of rotatable bonds is 7. The lowest BCUT2D eigenvalue weighted by Gasteiger charge is -2.30. The van der Waals surface area contributed by atoms with Gasteiger partial charge in [0.25, 0.3) is 5.91 Å². The highest BCUT2D eigenvalue weighted by Gasteiger charge is 2.44. The Balaban J connectivity index is 1.59. The van der Waals surface area contributed by atoms with Crippen LogP contribution in [0.1, 0.15) is 28.6 Å². The summed E-state index contributed by atoms with van der Waals surface area (Å²) in [6, 6.07) is 9.90. The number of amides is 1. The molecule has 1 N–H and O–H groups in total. The number of hydrogen-bond acceptors (Lipinski definition) is 6. The lowest BCUT2D eigenvalue weighted by molar-refractivity contribution is -0.129. The number of aliphatic hydroxyl groups excluding tert-OH is 1. The maximum atomic E-state index is 13.1. The monoisotopic (exact) mass is 474 g/mol. The molecule has 1 fully saturated rings. The highest BCUT2D eigenvalue weighted by atomic mass is 79.9. The average Bonchev–Trinajstić information content (AvgIpc) is 3.38. The zero-order chi connectivity index (χ0) is 21.1. The van der Waals surface area contributed by atoms with Crippen LogP contribution in [0.25, 0.3) is 0 Å². The number of carbonyl (C=O) groups is 2. The van der Waals surface area contributed by atoms with Crippen LogP contribution in [-0.2, 0) is 9.53 Å². The summed E-state index contributed by atoms with van der Waals surface area (Å²) in [5, 5.41) is 10.6. The lowest BCUT2D eigenvalue weighted by atomic mass is 9.95. The molecule has 1 amide bonds. The molecule has 3 heterocycles. The first-order chi connectivity index (χ1) is 14.6. The van der Waals surface area contributed by atoms with Crippen LogP contribution < -0.4 is 0 Å². The predicted molar refractivity (Wildman–Crippen MR) is 113 cm³/mol. The number of ether oxygens (including phenoxy) is 1. The molecule has 158 valence electrons. The van der Waals surface area contributed by atoms with Gasteiger partial charge in [0, 0.05) is 30.7 Å². The molecule has 1 atom stereocenters. The Morgan fingerprint density at radius 2 is 1.87 bits per heavy atom. The second-order valence-electron chi connectivity index (χ2n) is 7.33. The first-order valence-electron chi connectivity index (χ1n) is 9.94. The first-order valence-corrected chi connectivity index (χ1v) is 10.7. The Bertz CT molecular complexity index is 933. The van der Waals surface area contributed by atoms with E-state index in [0.717, 1.165) is 36.1 Å². The van der Waals surface area contributed by atoms with Gasteiger partial charge < -0.3 is 19.2 Å². The van der Waals surface area contributed by atoms with E-state index in [1.54, 1.807) is 11.0 Å². The van der Waals surface area contributed by atoms with Crippen molar-refractivity contribution in [2.24, 2.45) is 0 Å². The van der Waals surface area contributed by atoms with Crippen molar-refractivity contribution in [3.63, 3.8) is 0 Å². The van der Waals surface area contributed by atoms with Crippen molar-refractivity contribution in [3.8, 4) is 0 Å². The number of furan rings is 1. The average molecular weight is 475 g/mol. The molecule has 0 unspecified atom stereocenters. The molecule has 1 saturated heterocycles. The van der Waals surface area contributed by atoms with Crippen LogP contribution >= 0.6 is 15.9 Å². The first kappa shape index (κ1) is 20.8. The molecule has 1 aromatic heterocycles. The van der Waals surface area contributed by atoms with E-state index in [2.05, 4.69) is 20.8 Å². The molecule has 1 aromatic carbocycles. The number of halogens is 1. The number of morpholine rings is 1. The molecule has 0 aliphatic carbocycles. The highest BCUT2D eigenvalue weighted by Crippen LogP contribution is 2.39. The van der Waals surface area contributed by atoms with E-state index in [4.69, 9.17) is 9.15 Å². The van der Waals surface area contributed by atoms with Crippen LogP contribution in [0.4, 0.5) is 0 Å². The fourth-order valence-corrected chi connectivity index (χ4v) is 4.20. The van der Waals surface area contributed by atoms with E-state index in [0.29, 0.717) is 19.8 Å². The molecular weight excluding hydrogens is 452 g/mol. The molecule has 30 heavy (non-hydrogen) atoms. The van der Waals surface area contributed by atoms with Crippen molar-refractivity contribution < 1.29 is 23.8 Å². The third kappa shape index (κ3) is 4.21. The fraction of sp³-hybridized carbons (Fsp3) is 0.364. The molecule has 0 spiro atoms. The molecular formula is C22H23BrN2O5. The van der Waals surface area contributed by atoms with Crippen molar-refractivity contribution in [3.05, 3.63) is 69.8 Å². The number of aliphatic hydroxyl groups is 1. The van der Waals surface area contributed by atoms with E-state index in [9.17, 15) is 14.7 Å². The highest BCUT2D eigenvalue weighted by molar-refractivity contribution is 9.10. The van der Waals surface area contributed by atoms with Gasteiger partial charge in [0.15, 0.2) is 11.5 Å². The Labute approximate surface area is 183 Å². The fourth-order valence-electron chi connectivity index (χ4n) is 3.94. The normalized spacial score (nSPS) is 20.2. The maximum Gasteiger partial charge on any atom is 0.290 e. The van der Waals surface area contributed by atoms with Gasteiger partial charge in [-0.2, -0.15) is 0 Å². The maximum absolute atomic E-state index is 13.1. The van der Waals surface area contributed by atoms with E-state index >= 15 is 0 Å². The zero-order valence-electron chi connectivity index (χ0n) is 16.4. The van der Waals surface area contributed by atoms with Gasteiger partial charge in [-0.3, -0.25) is 14.5 Å². The van der Waals surface area contributed by atoms with E-state index < -0.39 is 23.5 Å². The third-order valence-electron chi connectivity index (χ3n) is 5.46. The number of carbonyl (C=O) groups excluding carboxylic acids is 2. The SMILES string of the molecule is O=C(C1=C(O)C(=O)N(CCCN2CCOCC2)[C@H]1c1ccc(Br)cc1)c1ccco1. The molecule has 2 aliphatic heterocycles. The van der Waals surface area contributed by atoms with Crippen LogP contribution in [-0.4, -0.2) is 66.0 Å². The topological polar surface area (TPSA) is 83.2 Å². The van der Waals surface area contributed by atoms with E-state index in [-0.39, 0.29) is 11.3 Å². The van der Waals surface area contributed by atoms with E-state index in [1.165, 1.54) is 12.3 Å². The standard InChI is InChI=1S/C22H23BrN2O5/c23-16-6-4-15(5-7-16)19-18(20(26)17-3-1-12-30-17)21(27)22(28)25(19)9-2-8-24-10-13-29-14-11-24/h1,3-7,12,19,27H,2,8-11,13-14H2/t19-/m0/s1. The Morgan fingerprint density at radius 1 is 1.13 bits per heavy atom.